The Morgan fingerprint density at radius 1 is 1.16 bits per heavy atom. The Labute approximate surface area is 286 Å². The minimum Gasteiger partial charge on any atom is -0.488 e. The maximum atomic E-state index is 13.6. The van der Waals surface area contributed by atoms with E-state index < -0.39 is 16.1 Å². The SMILES string of the molecule is C[C@@H]1CN([C@@H](C)CO)C(=O)Cc2cc(NS(=O)(=O)c3cn(C)cn3)ccc2O[C@@H]1CN(C)Cc1ccc(C(=O)Nc2ccccc2N)cc1. The highest BCUT2D eigenvalue weighted by molar-refractivity contribution is 7.92. The Bertz CT molecular complexity index is 1900. The van der Waals surface area contributed by atoms with Crippen LogP contribution < -0.4 is 20.5 Å². The van der Waals surface area contributed by atoms with Gasteiger partial charge in [-0.3, -0.25) is 19.2 Å². The molecule has 0 saturated carbocycles. The van der Waals surface area contributed by atoms with Crippen molar-refractivity contribution in [1.29, 1.82) is 0 Å². The summed E-state index contributed by atoms with van der Waals surface area (Å²) in [4.78, 5) is 34.1. The second-order valence-electron chi connectivity index (χ2n) is 12.6. The third-order valence-electron chi connectivity index (χ3n) is 8.49. The molecule has 0 spiro atoms. The van der Waals surface area contributed by atoms with E-state index in [2.05, 4.69) is 19.9 Å². The van der Waals surface area contributed by atoms with Crippen molar-refractivity contribution in [2.45, 2.75) is 44.0 Å². The zero-order valence-corrected chi connectivity index (χ0v) is 28.9. The summed E-state index contributed by atoms with van der Waals surface area (Å²) in [7, 11) is -0.310. The average molecular weight is 690 g/mol. The molecule has 49 heavy (non-hydrogen) atoms. The van der Waals surface area contributed by atoms with Crippen molar-refractivity contribution in [2.75, 3.05) is 42.5 Å². The van der Waals surface area contributed by atoms with Gasteiger partial charge in [-0.25, -0.2) is 4.98 Å². The molecule has 0 radical (unpaired) electrons. The van der Waals surface area contributed by atoms with Crippen LogP contribution in [0, 0.1) is 5.92 Å². The summed E-state index contributed by atoms with van der Waals surface area (Å²) in [5.41, 5.74) is 9.29. The van der Waals surface area contributed by atoms with E-state index in [0.717, 1.165) is 5.56 Å². The van der Waals surface area contributed by atoms with Crippen LogP contribution in [-0.2, 0) is 34.8 Å². The first-order valence-electron chi connectivity index (χ1n) is 16.0. The van der Waals surface area contributed by atoms with Crippen molar-refractivity contribution in [1.82, 2.24) is 19.4 Å². The number of benzene rings is 3. The fraction of sp³-hybridized carbons (Fsp3) is 0.343. The van der Waals surface area contributed by atoms with Crippen LogP contribution in [0.2, 0.25) is 0 Å². The number of imidazole rings is 1. The first-order chi connectivity index (χ1) is 23.3. The van der Waals surface area contributed by atoms with Crippen molar-refractivity contribution >= 4 is 38.9 Å². The van der Waals surface area contributed by atoms with Crippen molar-refractivity contribution in [3.05, 3.63) is 95.9 Å². The number of nitrogens with one attached hydrogen (secondary N) is 2. The zero-order valence-electron chi connectivity index (χ0n) is 28.0. The Kier molecular flexibility index (Phi) is 10.9. The minimum atomic E-state index is -3.96. The number of para-hydroxylation sites is 2. The average Bonchev–Trinajstić information content (AvgIpc) is 3.53. The number of hydrogen-bond acceptors (Lipinski definition) is 9. The Balaban J connectivity index is 1.32. The lowest BCUT2D eigenvalue weighted by atomic mass is 10.0. The van der Waals surface area contributed by atoms with Crippen molar-refractivity contribution in [2.24, 2.45) is 13.0 Å². The van der Waals surface area contributed by atoms with Gasteiger partial charge in [-0.2, -0.15) is 8.42 Å². The smallest absolute Gasteiger partial charge is 0.280 e. The number of aromatic nitrogens is 2. The second-order valence-corrected chi connectivity index (χ2v) is 14.3. The van der Waals surface area contributed by atoms with Crippen LogP contribution >= 0.6 is 0 Å². The number of nitrogens with two attached hydrogens (primary N) is 1. The normalized spacial score (nSPS) is 17.3. The third-order valence-corrected chi connectivity index (χ3v) is 9.76. The van der Waals surface area contributed by atoms with E-state index in [0.29, 0.717) is 47.9 Å². The number of fused-ring (bicyclic) bond motifs is 1. The summed E-state index contributed by atoms with van der Waals surface area (Å²) in [6.07, 6.45) is 2.40. The van der Waals surface area contributed by atoms with E-state index in [1.165, 1.54) is 17.1 Å². The number of hydrogen-bond donors (Lipinski definition) is 4. The molecule has 5 rings (SSSR count). The van der Waals surface area contributed by atoms with Crippen LogP contribution in [0.25, 0.3) is 0 Å². The molecule has 3 atom stereocenters. The van der Waals surface area contributed by atoms with E-state index >= 15 is 0 Å². The molecule has 14 heteroatoms. The molecule has 4 aromatic rings. The monoisotopic (exact) mass is 689 g/mol. The van der Waals surface area contributed by atoms with E-state index in [1.54, 1.807) is 73.5 Å². The van der Waals surface area contributed by atoms with E-state index in [-0.39, 0.29) is 47.6 Å². The second kappa shape index (κ2) is 15.1. The number of aryl methyl sites for hydroxylation is 1. The number of rotatable bonds is 11. The lowest BCUT2D eigenvalue weighted by Crippen LogP contribution is -2.47. The largest absolute Gasteiger partial charge is 0.488 e. The number of carbonyl (C=O) groups is 2. The molecule has 5 N–H and O–H groups in total. The molecular weight excluding hydrogens is 646 g/mol. The third kappa shape index (κ3) is 8.76. The molecule has 0 unspecified atom stereocenters. The zero-order chi connectivity index (χ0) is 35.3. The molecule has 1 aliphatic heterocycles. The number of sulfonamides is 1. The lowest BCUT2D eigenvalue weighted by Gasteiger charge is -2.34. The topological polar surface area (TPSA) is 172 Å². The van der Waals surface area contributed by atoms with E-state index in [1.807, 2.05) is 26.1 Å². The standard InChI is InChI=1S/C35H43N7O6S/c1-23-17-42(24(2)21-43)34(44)16-27-15-28(39-49(46,47)33-20-41(4)22-37-33)13-14-31(27)48-32(23)19-40(3)18-25-9-11-26(12-10-25)35(45)38-30-8-6-5-7-29(30)36/h5-15,20,22-24,32,39,43H,16-19,21,36H2,1-4H3,(H,38,45)/t23-,24+,32-/m1/s1. The van der Waals surface area contributed by atoms with E-state index in [9.17, 15) is 23.1 Å². The first-order valence-corrected chi connectivity index (χ1v) is 17.4. The van der Waals surface area contributed by atoms with Gasteiger partial charge in [0, 0.05) is 55.6 Å². The summed E-state index contributed by atoms with van der Waals surface area (Å²) in [6.45, 7) is 5.03. The molecule has 2 heterocycles. The van der Waals surface area contributed by atoms with Crippen LogP contribution in [0.15, 0.2) is 84.3 Å². The minimum absolute atomic E-state index is 0.0368. The number of anilines is 3. The van der Waals surface area contributed by atoms with Crippen LogP contribution in [0.5, 0.6) is 5.75 Å². The Morgan fingerprint density at radius 3 is 2.57 bits per heavy atom. The predicted octanol–water partition coefficient (Wildman–Crippen LogP) is 3.34. The van der Waals surface area contributed by atoms with Gasteiger partial charge in [0.05, 0.1) is 36.8 Å². The van der Waals surface area contributed by atoms with Crippen molar-refractivity contribution in [3.8, 4) is 5.75 Å². The number of nitrogens with zero attached hydrogens (tertiary/aromatic N) is 4. The molecule has 2 amide bonds. The highest BCUT2D eigenvalue weighted by Gasteiger charge is 2.31. The van der Waals surface area contributed by atoms with Crippen molar-refractivity contribution in [3.63, 3.8) is 0 Å². The summed E-state index contributed by atoms with van der Waals surface area (Å²) >= 11 is 0. The molecule has 13 nitrogen and oxygen atoms in total. The van der Waals surface area contributed by atoms with Crippen LogP contribution in [0.1, 0.15) is 35.3 Å². The molecule has 1 aliphatic rings. The molecule has 260 valence electrons. The van der Waals surface area contributed by atoms with Gasteiger partial charge >= 0.3 is 0 Å². The van der Waals surface area contributed by atoms with Gasteiger partial charge in [-0.1, -0.05) is 31.2 Å². The first kappa shape index (κ1) is 35.4. The number of ether oxygens (including phenoxy) is 1. The van der Waals surface area contributed by atoms with E-state index in [4.69, 9.17) is 10.5 Å². The van der Waals surface area contributed by atoms with Gasteiger partial charge in [-0.15, -0.1) is 0 Å². The van der Waals surface area contributed by atoms with Gasteiger partial charge in [0.15, 0.2) is 5.03 Å². The molecular formula is C35H43N7O6S. The highest BCUT2D eigenvalue weighted by atomic mass is 32.2. The number of nitrogen functional groups attached to an aromatic ring is 1. The van der Waals surface area contributed by atoms with Gasteiger partial charge in [0.1, 0.15) is 11.9 Å². The molecule has 0 bridgehead atoms. The molecule has 3 aromatic carbocycles. The van der Waals surface area contributed by atoms with Gasteiger partial charge < -0.3 is 30.4 Å². The number of likely N-dealkylation sites (N-methyl/N-ethyl adjacent to an activating group) is 1. The summed E-state index contributed by atoms with van der Waals surface area (Å²) in [6, 6.07) is 18.9. The number of amides is 2. The lowest BCUT2D eigenvalue weighted by molar-refractivity contribution is -0.134. The predicted molar refractivity (Wildman–Crippen MR) is 188 cm³/mol. The molecule has 0 saturated heterocycles. The van der Waals surface area contributed by atoms with Crippen LogP contribution in [0.3, 0.4) is 0 Å². The summed E-state index contributed by atoms with van der Waals surface area (Å²) < 4.78 is 36.6. The Morgan fingerprint density at radius 2 is 1.90 bits per heavy atom. The molecule has 0 fully saturated rings. The van der Waals surface area contributed by atoms with Gasteiger partial charge in [0.25, 0.3) is 15.9 Å². The molecule has 1 aromatic heterocycles. The summed E-state index contributed by atoms with van der Waals surface area (Å²) in [5, 5.41) is 12.7. The van der Waals surface area contributed by atoms with Crippen LogP contribution in [-0.4, -0.2) is 83.6 Å². The fourth-order valence-corrected chi connectivity index (χ4v) is 6.73. The Hall–Kier alpha value is -4.92. The van der Waals surface area contributed by atoms with Gasteiger partial charge in [-0.05, 0) is 62.0 Å². The van der Waals surface area contributed by atoms with Crippen LogP contribution in [0.4, 0.5) is 17.1 Å². The van der Waals surface area contributed by atoms with Crippen molar-refractivity contribution < 1.29 is 27.9 Å². The summed E-state index contributed by atoms with van der Waals surface area (Å²) in [5.74, 6) is -0.0956. The highest BCUT2D eigenvalue weighted by Crippen LogP contribution is 2.30. The maximum Gasteiger partial charge on any atom is 0.280 e. The number of aliphatic hydroxyl groups is 1. The number of aliphatic hydroxyl groups excluding tert-OH is 1. The quantitative estimate of drug-likeness (QED) is 0.172. The molecule has 0 aliphatic carbocycles. The maximum absolute atomic E-state index is 13.6. The number of carbonyl (C=O) groups excluding carboxylic acids is 2. The fourth-order valence-electron chi connectivity index (χ4n) is 5.70. The van der Waals surface area contributed by atoms with Gasteiger partial charge in [0.2, 0.25) is 5.91 Å².